The lowest BCUT2D eigenvalue weighted by atomic mass is 10.1. The van der Waals surface area contributed by atoms with Gasteiger partial charge in [0.05, 0.1) is 28.5 Å². The summed E-state index contributed by atoms with van der Waals surface area (Å²) in [5.74, 6) is 0. The second-order valence-corrected chi connectivity index (χ2v) is 5.13. The average Bonchev–Trinajstić information content (AvgIpc) is 3.17. The highest BCUT2D eigenvalue weighted by Gasteiger charge is 2.20. The summed E-state index contributed by atoms with van der Waals surface area (Å²) in [7, 11) is 0. The van der Waals surface area contributed by atoms with E-state index in [1.807, 2.05) is 47.3 Å². The van der Waals surface area contributed by atoms with Crippen molar-refractivity contribution in [3.63, 3.8) is 0 Å². The first-order valence-corrected chi connectivity index (χ1v) is 7.27. The molecule has 0 spiro atoms. The van der Waals surface area contributed by atoms with Crippen LogP contribution in [0.1, 0.15) is 23.5 Å². The zero-order chi connectivity index (χ0) is 13.8. The van der Waals surface area contributed by atoms with Gasteiger partial charge in [-0.15, -0.1) is 5.10 Å². The Labute approximate surface area is 121 Å². The molecule has 102 valence electrons. The lowest BCUT2D eigenvalue weighted by Gasteiger charge is -2.17. The molecule has 0 saturated carbocycles. The Bertz CT molecular complexity index is 647. The maximum Gasteiger partial charge on any atom is 0.0878 e. The smallest absolute Gasteiger partial charge is 0.0878 e. The number of para-hydroxylation sites is 1. The largest absolute Gasteiger partial charge is 0.304 e. The molecular weight excluding hydrogens is 270 g/mol. The third-order valence-electron chi connectivity index (χ3n) is 3.04. The van der Waals surface area contributed by atoms with Crippen molar-refractivity contribution in [1.29, 1.82) is 0 Å². The first-order valence-electron chi connectivity index (χ1n) is 6.50. The number of nitrogens with one attached hydrogen (secondary N) is 1. The summed E-state index contributed by atoms with van der Waals surface area (Å²) in [6.07, 6.45) is 3.63. The summed E-state index contributed by atoms with van der Waals surface area (Å²) in [4.78, 5) is 1.09. The van der Waals surface area contributed by atoms with E-state index in [4.69, 9.17) is 0 Å². The van der Waals surface area contributed by atoms with E-state index in [1.54, 1.807) is 6.20 Å². The van der Waals surface area contributed by atoms with Crippen LogP contribution in [-0.4, -0.2) is 25.9 Å². The van der Waals surface area contributed by atoms with Crippen molar-refractivity contribution < 1.29 is 0 Å². The standard InChI is InChI=1S/C14H15N5S/c1-2-15-14(13-10-16-18-20-13)12-8-9-17-19(12)11-6-4-3-5-7-11/h3-10,14-15H,2H2,1H3. The summed E-state index contributed by atoms with van der Waals surface area (Å²) >= 11 is 1.41. The number of hydrogen-bond donors (Lipinski definition) is 1. The minimum Gasteiger partial charge on any atom is -0.304 e. The van der Waals surface area contributed by atoms with Crippen LogP contribution in [0.3, 0.4) is 0 Å². The molecule has 0 aliphatic rings. The molecule has 0 radical (unpaired) electrons. The van der Waals surface area contributed by atoms with Crippen LogP contribution in [0.4, 0.5) is 0 Å². The first-order chi connectivity index (χ1) is 9.90. The van der Waals surface area contributed by atoms with Crippen LogP contribution in [0.2, 0.25) is 0 Å². The van der Waals surface area contributed by atoms with E-state index < -0.39 is 0 Å². The van der Waals surface area contributed by atoms with Crippen LogP contribution in [0.5, 0.6) is 0 Å². The summed E-state index contributed by atoms with van der Waals surface area (Å²) in [6, 6.07) is 12.2. The molecule has 5 nitrogen and oxygen atoms in total. The highest BCUT2D eigenvalue weighted by Crippen LogP contribution is 2.25. The van der Waals surface area contributed by atoms with Crippen molar-refractivity contribution in [2.75, 3.05) is 6.54 Å². The summed E-state index contributed by atoms with van der Waals surface area (Å²) in [6.45, 7) is 2.95. The fourth-order valence-corrected chi connectivity index (χ4v) is 2.77. The predicted octanol–water partition coefficient (Wildman–Crippen LogP) is 2.42. The molecule has 20 heavy (non-hydrogen) atoms. The fraction of sp³-hybridized carbons (Fsp3) is 0.214. The number of aromatic nitrogens is 4. The molecule has 0 saturated heterocycles. The lowest BCUT2D eigenvalue weighted by Crippen LogP contribution is -2.23. The normalized spacial score (nSPS) is 12.4. The van der Waals surface area contributed by atoms with Gasteiger partial charge in [0.2, 0.25) is 0 Å². The van der Waals surface area contributed by atoms with Crippen molar-refractivity contribution >= 4 is 11.5 Å². The Hall–Kier alpha value is -2.05. The molecule has 2 heterocycles. The molecule has 2 aromatic heterocycles. The lowest BCUT2D eigenvalue weighted by molar-refractivity contribution is 0.600. The van der Waals surface area contributed by atoms with E-state index in [2.05, 4.69) is 26.9 Å². The van der Waals surface area contributed by atoms with Gasteiger partial charge in [0.15, 0.2) is 0 Å². The first kappa shape index (κ1) is 13.0. The SMILES string of the molecule is CCNC(c1cnns1)c1ccnn1-c1ccccc1. The molecular formula is C14H15N5S. The van der Waals surface area contributed by atoms with Gasteiger partial charge in [-0.25, -0.2) is 4.68 Å². The van der Waals surface area contributed by atoms with Gasteiger partial charge < -0.3 is 5.32 Å². The zero-order valence-corrected chi connectivity index (χ0v) is 11.9. The summed E-state index contributed by atoms with van der Waals surface area (Å²) in [5.41, 5.74) is 2.14. The van der Waals surface area contributed by atoms with Gasteiger partial charge in [0.25, 0.3) is 0 Å². The molecule has 6 heteroatoms. The quantitative estimate of drug-likeness (QED) is 0.782. The Morgan fingerprint density at radius 1 is 1.25 bits per heavy atom. The second-order valence-electron chi connectivity index (χ2n) is 4.31. The number of rotatable bonds is 5. The van der Waals surface area contributed by atoms with Crippen molar-refractivity contribution in [1.82, 2.24) is 24.7 Å². The Morgan fingerprint density at radius 3 is 2.80 bits per heavy atom. The number of hydrogen-bond acceptors (Lipinski definition) is 5. The van der Waals surface area contributed by atoms with Crippen molar-refractivity contribution in [3.8, 4) is 5.69 Å². The topological polar surface area (TPSA) is 55.6 Å². The molecule has 3 aromatic rings. The minimum atomic E-state index is 0.0581. The molecule has 0 aliphatic heterocycles. The van der Waals surface area contributed by atoms with Gasteiger partial charge in [-0.05, 0) is 36.3 Å². The molecule has 1 atom stereocenters. The third-order valence-corrected chi connectivity index (χ3v) is 3.77. The van der Waals surface area contributed by atoms with Crippen LogP contribution in [-0.2, 0) is 0 Å². The van der Waals surface area contributed by atoms with Gasteiger partial charge >= 0.3 is 0 Å². The highest BCUT2D eigenvalue weighted by molar-refractivity contribution is 7.05. The Kier molecular flexibility index (Phi) is 3.85. The molecule has 1 N–H and O–H groups in total. The number of benzene rings is 1. The molecule has 0 fully saturated rings. The summed E-state index contributed by atoms with van der Waals surface area (Å²) < 4.78 is 5.91. The third kappa shape index (κ3) is 2.48. The van der Waals surface area contributed by atoms with Gasteiger partial charge in [-0.3, -0.25) is 0 Å². The Morgan fingerprint density at radius 2 is 2.10 bits per heavy atom. The molecule has 1 unspecified atom stereocenters. The molecule has 3 rings (SSSR count). The van der Waals surface area contributed by atoms with Gasteiger partial charge in [-0.1, -0.05) is 29.6 Å². The summed E-state index contributed by atoms with van der Waals surface area (Å²) in [5, 5.41) is 11.8. The van der Waals surface area contributed by atoms with Crippen LogP contribution in [0, 0.1) is 0 Å². The van der Waals surface area contributed by atoms with Crippen molar-refractivity contribution in [2.24, 2.45) is 0 Å². The van der Waals surface area contributed by atoms with Gasteiger partial charge in [0.1, 0.15) is 0 Å². The predicted molar refractivity (Wildman–Crippen MR) is 79.0 cm³/mol. The van der Waals surface area contributed by atoms with E-state index in [1.165, 1.54) is 11.5 Å². The highest BCUT2D eigenvalue weighted by atomic mass is 32.1. The molecule has 0 aliphatic carbocycles. The molecule has 0 bridgehead atoms. The van der Waals surface area contributed by atoms with E-state index in [9.17, 15) is 0 Å². The monoisotopic (exact) mass is 285 g/mol. The molecule has 0 amide bonds. The Balaban J connectivity index is 2.03. The van der Waals surface area contributed by atoms with Crippen LogP contribution >= 0.6 is 11.5 Å². The minimum absolute atomic E-state index is 0.0581. The van der Waals surface area contributed by atoms with Gasteiger partial charge in [-0.2, -0.15) is 5.10 Å². The van der Waals surface area contributed by atoms with Crippen LogP contribution in [0.25, 0.3) is 5.69 Å². The fourth-order valence-electron chi connectivity index (χ4n) is 2.17. The van der Waals surface area contributed by atoms with E-state index in [-0.39, 0.29) is 6.04 Å². The van der Waals surface area contributed by atoms with Crippen molar-refractivity contribution in [2.45, 2.75) is 13.0 Å². The van der Waals surface area contributed by atoms with E-state index in [0.29, 0.717) is 0 Å². The maximum absolute atomic E-state index is 4.44. The maximum atomic E-state index is 4.44. The van der Waals surface area contributed by atoms with Crippen LogP contribution in [0.15, 0.2) is 48.8 Å². The van der Waals surface area contributed by atoms with E-state index in [0.717, 1.165) is 22.8 Å². The van der Waals surface area contributed by atoms with Gasteiger partial charge in [0, 0.05) is 6.20 Å². The van der Waals surface area contributed by atoms with Crippen molar-refractivity contribution in [3.05, 3.63) is 59.4 Å². The average molecular weight is 285 g/mol. The van der Waals surface area contributed by atoms with Crippen LogP contribution < -0.4 is 5.32 Å². The second kappa shape index (κ2) is 5.94. The zero-order valence-electron chi connectivity index (χ0n) is 11.1. The number of nitrogens with zero attached hydrogens (tertiary/aromatic N) is 4. The van der Waals surface area contributed by atoms with E-state index >= 15 is 0 Å². The molecule has 1 aromatic carbocycles.